The smallest absolute Gasteiger partial charge is 0.261 e. The summed E-state index contributed by atoms with van der Waals surface area (Å²) in [4.78, 5) is 0.793. The van der Waals surface area contributed by atoms with Crippen LogP contribution in [-0.4, -0.2) is 20.7 Å². The summed E-state index contributed by atoms with van der Waals surface area (Å²) in [6.07, 6.45) is 5.02. The average molecular weight is 555 g/mol. The van der Waals surface area contributed by atoms with Crippen LogP contribution in [0.25, 0.3) is 21.5 Å². The maximum absolute atomic E-state index is 14.7. The molecule has 0 saturated heterocycles. The van der Waals surface area contributed by atoms with Crippen LogP contribution in [0.15, 0.2) is 53.0 Å². The summed E-state index contributed by atoms with van der Waals surface area (Å²) in [5.41, 5.74) is 3.34. The van der Waals surface area contributed by atoms with Crippen molar-refractivity contribution in [3.8, 4) is 17.1 Å². The van der Waals surface area contributed by atoms with Gasteiger partial charge in [-0.1, -0.05) is 18.6 Å². The largest absolute Gasteiger partial charge is 0.300 e. The van der Waals surface area contributed by atoms with Crippen molar-refractivity contribution in [2.24, 2.45) is 5.92 Å². The van der Waals surface area contributed by atoms with Crippen molar-refractivity contribution in [1.29, 1.82) is 10.5 Å². The van der Waals surface area contributed by atoms with Gasteiger partial charge in [-0.3, -0.25) is 4.57 Å². The van der Waals surface area contributed by atoms with Crippen LogP contribution < -0.4 is 4.72 Å². The van der Waals surface area contributed by atoms with Crippen LogP contribution in [-0.2, 0) is 11.0 Å². The minimum atomic E-state index is -3.06. The molecule has 0 radical (unpaired) electrons. The maximum Gasteiger partial charge on any atom is 0.261 e. The van der Waals surface area contributed by atoms with E-state index in [1.165, 1.54) is 24.3 Å². The fourth-order valence-electron chi connectivity index (χ4n) is 4.23. The first-order valence-electron chi connectivity index (χ1n) is 11.8. The van der Waals surface area contributed by atoms with E-state index in [1.54, 1.807) is 43.4 Å². The van der Waals surface area contributed by atoms with E-state index < -0.39 is 28.8 Å². The van der Waals surface area contributed by atoms with Crippen molar-refractivity contribution in [3.05, 3.63) is 80.5 Å². The molecule has 0 bridgehead atoms. The molecule has 10 heteroatoms. The lowest BCUT2D eigenvalue weighted by Gasteiger charge is -2.20. The van der Waals surface area contributed by atoms with Gasteiger partial charge in [-0.25, -0.2) is 22.1 Å². The second-order valence-electron chi connectivity index (χ2n) is 9.40. The molecule has 0 amide bonds. The minimum Gasteiger partial charge on any atom is -0.300 e. The van der Waals surface area contributed by atoms with E-state index in [2.05, 4.69) is 16.9 Å². The van der Waals surface area contributed by atoms with Gasteiger partial charge in [0.2, 0.25) is 0 Å². The molecule has 3 unspecified atom stereocenters. The number of alkyl halides is 2. The second kappa shape index (κ2) is 10.4. The minimum absolute atomic E-state index is 0.262. The standard InChI is InChI=1S/C28H25F3N4OS2/c1-15-10-20(38(36)34-18(4)28(5,30)31)7-8-21(17(15)3)27-23(14-33)22-12-24(29)16(2)11-25(22)35(27)26-9-6-19(13-32)37-26/h6-12,17-18,34H,1-5H3. The highest BCUT2D eigenvalue weighted by Crippen LogP contribution is 2.41. The summed E-state index contributed by atoms with van der Waals surface area (Å²) < 4.78 is 59.3. The van der Waals surface area contributed by atoms with Crippen LogP contribution in [0.1, 0.15) is 49.4 Å². The van der Waals surface area contributed by atoms with E-state index in [-0.39, 0.29) is 11.5 Å². The fraction of sp³-hybridized carbons (Fsp3) is 0.286. The van der Waals surface area contributed by atoms with Gasteiger partial charge in [0.05, 0.1) is 27.7 Å². The highest BCUT2D eigenvalue weighted by atomic mass is 32.2. The molecule has 1 aliphatic rings. The van der Waals surface area contributed by atoms with E-state index in [9.17, 15) is 27.9 Å². The molecule has 1 aromatic carbocycles. The molecule has 2 aromatic heterocycles. The lowest BCUT2D eigenvalue weighted by atomic mass is 9.90. The predicted octanol–water partition coefficient (Wildman–Crippen LogP) is 7.04. The number of aryl methyl sites for hydroxylation is 1. The Morgan fingerprint density at radius 3 is 2.50 bits per heavy atom. The Kier molecular flexibility index (Phi) is 7.53. The Balaban J connectivity index is 1.97. The first-order valence-corrected chi connectivity index (χ1v) is 13.7. The van der Waals surface area contributed by atoms with Crippen molar-refractivity contribution in [2.45, 2.75) is 46.6 Å². The van der Waals surface area contributed by atoms with Gasteiger partial charge in [0, 0.05) is 18.2 Å². The molecule has 5 nitrogen and oxygen atoms in total. The highest BCUT2D eigenvalue weighted by Gasteiger charge is 2.32. The topological polar surface area (TPSA) is 81.6 Å². The molecule has 1 aliphatic carbocycles. The summed E-state index contributed by atoms with van der Waals surface area (Å²) >= 11 is 1.25. The monoisotopic (exact) mass is 554 g/mol. The van der Waals surface area contributed by atoms with E-state index in [4.69, 9.17) is 0 Å². The summed E-state index contributed by atoms with van der Waals surface area (Å²) in [5, 5.41) is 20.8. The van der Waals surface area contributed by atoms with E-state index in [0.29, 0.717) is 42.5 Å². The molecule has 3 atom stereocenters. The number of nitriles is 2. The fourth-order valence-corrected chi connectivity index (χ4v) is 6.20. The molecule has 0 aliphatic heterocycles. The molecule has 0 saturated carbocycles. The number of nitrogens with zero attached hydrogens (tertiary/aromatic N) is 3. The van der Waals surface area contributed by atoms with Crippen LogP contribution in [0.3, 0.4) is 0 Å². The van der Waals surface area contributed by atoms with Gasteiger partial charge in [-0.05, 0) is 68.3 Å². The number of aromatic nitrogens is 1. The zero-order valence-electron chi connectivity index (χ0n) is 21.4. The van der Waals surface area contributed by atoms with E-state index >= 15 is 0 Å². The quantitative estimate of drug-likeness (QED) is 0.355. The molecular formula is C28H25F3N4OS2. The van der Waals surface area contributed by atoms with Gasteiger partial charge in [0.15, 0.2) is 0 Å². The maximum atomic E-state index is 14.7. The number of benzene rings is 1. The van der Waals surface area contributed by atoms with E-state index in [0.717, 1.165) is 12.5 Å². The SMILES string of the molecule is CC1=CC(S(=O)NC(C)C(C)(F)F)=CC=C(c2c(C#N)c3cc(F)c(C)cc3n2-c2ccc(C#N)s2)C1C. The van der Waals surface area contributed by atoms with Gasteiger partial charge in [0.25, 0.3) is 5.92 Å². The van der Waals surface area contributed by atoms with Gasteiger partial charge < -0.3 is 0 Å². The molecule has 0 fully saturated rings. The average Bonchev–Trinajstić information content (AvgIpc) is 3.40. The summed E-state index contributed by atoms with van der Waals surface area (Å²) in [6, 6.07) is 9.54. The first kappa shape index (κ1) is 27.6. The third-order valence-electron chi connectivity index (χ3n) is 6.76. The number of halogens is 3. The van der Waals surface area contributed by atoms with Crippen LogP contribution >= 0.6 is 11.3 Å². The summed E-state index contributed by atoms with van der Waals surface area (Å²) in [6.45, 7) is 7.45. The number of hydrogen-bond donors (Lipinski definition) is 1. The van der Waals surface area contributed by atoms with Gasteiger partial charge in [0.1, 0.15) is 38.8 Å². The number of rotatable bonds is 6. The van der Waals surface area contributed by atoms with Crippen LogP contribution in [0.2, 0.25) is 0 Å². The lowest BCUT2D eigenvalue weighted by molar-refractivity contribution is -0.00436. The number of fused-ring (bicyclic) bond motifs is 1. The van der Waals surface area contributed by atoms with Gasteiger partial charge >= 0.3 is 0 Å². The zero-order chi connectivity index (χ0) is 27.9. The Morgan fingerprint density at radius 1 is 1.18 bits per heavy atom. The third-order valence-corrected chi connectivity index (χ3v) is 8.98. The number of hydrogen-bond acceptors (Lipinski definition) is 4. The molecule has 196 valence electrons. The molecule has 0 spiro atoms. The zero-order valence-corrected chi connectivity index (χ0v) is 23.0. The Morgan fingerprint density at radius 2 is 1.89 bits per heavy atom. The van der Waals surface area contributed by atoms with Crippen molar-refractivity contribution in [1.82, 2.24) is 9.29 Å². The second-order valence-corrected chi connectivity index (χ2v) is 11.7. The Hall–Kier alpha value is -3.44. The molecular weight excluding hydrogens is 529 g/mol. The number of thiophene rings is 1. The third kappa shape index (κ3) is 5.00. The lowest BCUT2D eigenvalue weighted by Crippen LogP contribution is -2.41. The van der Waals surface area contributed by atoms with E-state index in [1.807, 2.05) is 18.4 Å². The summed E-state index contributed by atoms with van der Waals surface area (Å²) in [7, 11) is -1.91. The van der Waals surface area contributed by atoms with Crippen molar-refractivity contribution in [3.63, 3.8) is 0 Å². The summed E-state index contributed by atoms with van der Waals surface area (Å²) in [5.74, 6) is -3.76. The molecule has 38 heavy (non-hydrogen) atoms. The molecule has 4 rings (SSSR count). The van der Waals surface area contributed by atoms with Gasteiger partial charge in [-0.15, -0.1) is 11.3 Å². The number of allylic oxidation sites excluding steroid dienone is 5. The normalized spacial score (nSPS) is 17.6. The predicted molar refractivity (Wildman–Crippen MR) is 146 cm³/mol. The van der Waals surface area contributed by atoms with Crippen molar-refractivity contribution >= 4 is 38.8 Å². The highest BCUT2D eigenvalue weighted by molar-refractivity contribution is 7.87. The molecule has 2 heterocycles. The van der Waals surface area contributed by atoms with Crippen LogP contribution in [0, 0.1) is 41.3 Å². The molecule has 3 aromatic rings. The van der Waals surface area contributed by atoms with Gasteiger partial charge in [-0.2, -0.15) is 10.5 Å². The Bertz CT molecular complexity index is 1640. The van der Waals surface area contributed by atoms with Crippen LogP contribution in [0.4, 0.5) is 13.2 Å². The first-order chi connectivity index (χ1) is 17.9. The van der Waals surface area contributed by atoms with Crippen LogP contribution in [0.5, 0.6) is 0 Å². The van der Waals surface area contributed by atoms with Crippen molar-refractivity contribution in [2.75, 3.05) is 0 Å². The van der Waals surface area contributed by atoms with Crippen molar-refractivity contribution < 1.29 is 17.4 Å². The Labute approximate surface area is 225 Å². The molecule has 1 N–H and O–H groups in total. The number of nitrogens with one attached hydrogen (secondary N) is 1.